The predicted molar refractivity (Wildman–Crippen MR) is 58.2 cm³/mol. The van der Waals surface area contributed by atoms with Crippen molar-refractivity contribution in [2.24, 2.45) is 0 Å². The zero-order chi connectivity index (χ0) is 14.2. The molecule has 1 amide bonds. The van der Waals surface area contributed by atoms with Gasteiger partial charge in [0, 0.05) is 20.1 Å². The Balaban J connectivity index is 2.74. The molecule has 0 aromatic carbocycles. The Bertz CT molecular complexity index is 324. The summed E-state index contributed by atoms with van der Waals surface area (Å²) in [7, 11) is 1.01. The van der Waals surface area contributed by atoms with Gasteiger partial charge in [0.2, 0.25) is 0 Å². The summed E-state index contributed by atoms with van der Waals surface area (Å²) in [6.45, 7) is 4.43. The first-order valence-corrected chi connectivity index (χ1v) is 5.60. The summed E-state index contributed by atoms with van der Waals surface area (Å²) in [6.07, 6.45) is -5.52. The van der Waals surface area contributed by atoms with Crippen molar-refractivity contribution in [2.45, 2.75) is 44.6 Å². The van der Waals surface area contributed by atoms with Gasteiger partial charge in [-0.1, -0.05) is 0 Å². The number of methoxy groups -OCH3 is 1. The van der Waals surface area contributed by atoms with Crippen molar-refractivity contribution >= 4 is 6.09 Å². The fraction of sp³-hybridized carbons (Fsp3) is 0.909. The lowest BCUT2D eigenvalue weighted by atomic mass is 10.0. The zero-order valence-electron chi connectivity index (χ0n) is 10.9. The minimum absolute atomic E-state index is 0.0255. The van der Waals surface area contributed by atoms with E-state index >= 15 is 0 Å². The first-order chi connectivity index (χ1) is 8.01. The molecule has 1 atom stereocenters. The van der Waals surface area contributed by atoms with E-state index < -0.39 is 30.0 Å². The number of carbonyl (C=O) groups excluding carboxylic acids is 1. The van der Waals surface area contributed by atoms with Crippen LogP contribution in [0.15, 0.2) is 0 Å². The molecule has 0 aromatic rings. The van der Waals surface area contributed by atoms with Gasteiger partial charge < -0.3 is 14.4 Å². The number of ether oxygens (including phenoxy) is 2. The second kappa shape index (κ2) is 4.60. The minimum atomic E-state index is -4.50. The molecule has 106 valence electrons. The van der Waals surface area contributed by atoms with Gasteiger partial charge in [-0.2, -0.15) is 13.2 Å². The monoisotopic (exact) mass is 269 g/mol. The van der Waals surface area contributed by atoms with Gasteiger partial charge in [0.25, 0.3) is 0 Å². The van der Waals surface area contributed by atoms with Crippen LogP contribution in [0.2, 0.25) is 0 Å². The number of likely N-dealkylation sites (tertiary alicyclic amines) is 1. The van der Waals surface area contributed by atoms with Crippen molar-refractivity contribution < 1.29 is 27.4 Å². The average molecular weight is 269 g/mol. The van der Waals surface area contributed by atoms with Crippen LogP contribution in [0, 0.1) is 0 Å². The normalized spacial score (nSPS) is 25.4. The molecule has 0 unspecified atom stereocenters. The third-order valence-electron chi connectivity index (χ3n) is 2.79. The van der Waals surface area contributed by atoms with Gasteiger partial charge in [-0.25, -0.2) is 4.79 Å². The van der Waals surface area contributed by atoms with Crippen molar-refractivity contribution in [3.63, 3.8) is 0 Å². The second-order valence-electron chi connectivity index (χ2n) is 5.35. The Kier molecular flexibility index (Phi) is 3.86. The van der Waals surface area contributed by atoms with E-state index in [0.717, 1.165) is 12.0 Å². The van der Waals surface area contributed by atoms with E-state index in [0.29, 0.717) is 0 Å². The summed E-state index contributed by atoms with van der Waals surface area (Å²) < 4.78 is 48.3. The molecule has 18 heavy (non-hydrogen) atoms. The van der Waals surface area contributed by atoms with Gasteiger partial charge in [0.05, 0.1) is 6.54 Å². The summed E-state index contributed by atoms with van der Waals surface area (Å²) in [5.74, 6) is 0. The van der Waals surface area contributed by atoms with Gasteiger partial charge in [-0.05, 0) is 20.8 Å². The highest BCUT2D eigenvalue weighted by Crippen LogP contribution is 2.40. The minimum Gasteiger partial charge on any atom is -0.444 e. The maximum absolute atomic E-state index is 12.9. The predicted octanol–water partition coefficient (Wildman–Crippen LogP) is 2.57. The van der Waals surface area contributed by atoms with Crippen LogP contribution in [-0.4, -0.2) is 48.6 Å². The molecule has 1 aliphatic rings. The van der Waals surface area contributed by atoms with Gasteiger partial charge in [-0.3, -0.25) is 0 Å². The molecule has 0 bridgehead atoms. The molecule has 1 saturated heterocycles. The lowest BCUT2D eigenvalue weighted by molar-refractivity contribution is -0.263. The third-order valence-corrected chi connectivity index (χ3v) is 2.79. The van der Waals surface area contributed by atoms with Gasteiger partial charge in [0.15, 0.2) is 5.60 Å². The zero-order valence-corrected chi connectivity index (χ0v) is 10.9. The molecule has 4 nitrogen and oxygen atoms in total. The maximum atomic E-state index is 12.9. The summed E-state index contributed by atoms with van der Waals surface area (Å²) in [6, 6.07) is 0. The van der Waals surface area contributed by atoms with Gasteiger partial charge >= 0.3 is 12.3 Å². The molecular weight excluding hydrogens is 251 g/mol. The number of hydrogen-bond acceptors (Lipinski definition) is 3. The van der Waals surface area contributed by atoms with E-state index in [1.807, 2.05) is 0 Å². The highest BCUT2D eigenvalue weighted by molar-refractivity contribution is 5.68. The van der Waals surface area contributed by atoms with Crippen molar-refractivity contribution in [3.05, 3.63) is 0 Å². The highest BCUT2D eigenvalue weighted by atomic mass is 19.4. The quantitative estimate of drug-likeness (QED) is 0.734. The van der Waals surface area contributed by atoms with Crippen LogP contribution < -0.4 is 0 Å². The Morgan fingerprint density at radius 1 is 1.28 bits per heavy atom. The first kappa shape index (κ1) is 15.1. The van der Waals surface area contributed by atoms with E-state index in [1.165, 1.54) is 0 Å². The van der Waals surface area contributed by atoms with Crippen LogP contribution in [0.5, 0.6) is 0 Å². The van der Waals surface area contributed by atoms with Crippen LogP contribution in [0.4, 0.5) is 18.0 Å². The van der Waals surface area contributed by atoms with Gasteiger partial charge in [-0.15, -0.1) is 0 Å². The Hall–Kier alpha value is -0.980. The van der Waals surface area contributed by atoms with E-state index in [-0.39, 0.29) is 13.0 Å². The van der Waals surface area contributed by atoms with Crippen LogP contribution in [0.1, 0.15) is 27.2 Å². The third kappa shape index (κ3) is 3.07. The lowest BCUT2D eigenvalue weighted by Crippen LogP contribution is -2.50. The van der Waals surface area contributed by atoms with Crippen molar-refractivity contribution in [3.8, 4) is 0 Å². The maximum Gasteiger partial charge on any atom is 0.419 e. The second-order valence-corrected chi connectivity index (χ2v) is 5.35. The molecule has 0 radical (unpaired) electrons. The standard InChI is InChI=1S/C11H18F3NO3/c1-9(2,3)18-8(16)15-6-5-10(7-15,17-4)11(12,13)14/h5-7H2,1-4H3/t10-/m1/s1. The smallest absolute Gasteiger partial charge is 0.419 e. The fourth-order valence-corrected chi connectivity index (χ4v) is 1.78. The molecular formula is C11H18F3NO3. The molecule has 0 aliphatic carbocycles. The molecule has 0 spiro atoms. The van der Waals surface area contributed by atoms with Crippen LogP contribution >= 0.6 is 0 Å². The molecule has 1 aliphatic heterocycles. The van der Waals surface area contributed by atoms with E-state index in [2.05, 4.69) is 4.74 Å². The number of carbonyl (C=O) groups is 1. The summed E-state index contributed by atoms with van der Waals surface area (Å²) >= 11 is 0. The van der Waals surface area contributed by atoms with Crippen molar-refractivity contribution in [2.75, 3.05) is 20.2 Å². The number of halogens is 3. The van der Waals surface area contributed by atoms with E-state index in [9.17, 15) is 18.0 Å². The number of nitrogens with zero attached hydrogens (tertiary/aromatic N) is 1. The average Bonchev–Trinajstić information content (AvgIpc) is 2.59. The highest BCUT2D eigenvalue weighted by Gasteiger charge is 2.59. The SMILES string of the molecule is CO[C@]1(C(F)(F)F)CCN(C(=O)OC(C)(C)C)C1. The number of rotatable bonds is 1. The molecule has 0 N–H and O–H groups in total. The van der Waals surface area contributed by atoms with Crippen LogP contribution in [0.25, 0.3) is 0 Å². The largest absolute Gasteiger partial charge is 0.444 e. The van der Waals surface area contributed by atoms with Crippen molar-refractivity contribution in [1.82, 2.24) is 4.90 Å². The van der Waals surface area contributed by atoms with Gasteiger partial charge in [0.1, 0.15) is 5.60 Å². The number of alkyl halides is 3. The Morgan fingerprint density at radius 3 is 2.17 bits per heavy atom. The Morgan fingerprint density at radius 2 is 1.83 bits per heavy atom. The fourth-order valence-electron chi connectivity index (χ4n) is 1.78. The summed E-state index contributed by atoms with van der Waals surface area (Å²) in [5, 5.41) is 0. The summed E-state index contributed by atoms with van der Waals surface area (Å²) in [5.41, 5.74) is -3.00. The molecule has 1 rings (SSSR count). The topological polar surface area (TPSA) is 38.8 Å². The van der Waals surface area contributed by atoms with E-state index in [1.54, 1.807) is 20.8 Å². The number of hydrogen-bond donors (Lipinski definition) is 0. The first-order valence-electron chi connectivity index (χ1n) is 5.60. The summed E-state index contributed by atoms with van der Waals surface area (Å²) in [4.78, 5) is 12.7. The number of amides is 1. The van der Waals surface area contributed by atoms with Crippen molar-refractivity contribution in [1.29, 1.82) is 0 Å². The van der Waals surface area contributed by atoms with Crippen LogP contribution in [0.3, 0.4) is 0 Å². The molecule has 1 fully saturated rings. The lowest BCUT2D eigenvalue weighted by Gasteiger charge is -2.30. The Labute approximate surface area is 104 Å². The molecule has 0 aromatic heterocycles. The molecule has 0 saturated carbocycles. The van der Waals surface area contributed by atoms with Crippen LogP contribution in [-0.2, 0) is 9.47 Å². The molecule has 7 heteroatoms. The molecule has 1 heterocycles. The van der Waals surface area contributed by atoms with E-state index in [4.69, 9.17) is 4.74 Å².